The van der Waals surface area contributed by atoms with Gasteiger partial charge in [0.2, 0.25) is 0 Å². The minimum Gasteiger partial charge on any atom is -0.406 e. The lowest BCUT2D eigenvalue weighted by molar-refractivity contribution is -0.274. The predicted octanol–water partition coefficient (Wildman–Crippen LogP) is 4.99. The number of urea groups is 1. The van der Waals surface area contributed by atoms with Crippen LogP contribution in [-0.4, -0.2) is 18.1 Å². The first-order chi connectivity index (χ1) is 15.2. The number of primary amides is 1. The van der Waals surface area contributed by atoms with E-state index in [1.54, 1.807) is 24.3 Å². The first-order valence-electron chi connectivity index (χ1n) is 9.32. The van der Waals surface area contributed by atoms with Crippen LogP contribution in [-0.2, 0) is 6.42 Å². The summed E-state index contributed by atoms with van der Waals surface area (Å²) in [5.41, 5.74) is 8.22. The lowest BCUT2D eigenvalue weighted by Gasteiger charge is -2.18. The minimum atomic E-state index is -4.83. The highest BCUT2D eigenvalue weighted by atomic mass is 19.4. The Morgan fingerprint density at radius 1 is 1.00 bits per heavy atom. The zero-order valence-electron chi connectivity index (χ0n) is 16.6. The summed E-state index contributed by atoms with van der Waals surface area (Å²) in [5, 5.41) is 14.3. The molecule has 0 radical (unpaired) electrons. The van der Waals surface area contributed by atoms with Gasteiger partial charge in [0.1, 0.15) is 5.75 Å². The number of carbonyl (C=O) groups is 1. The quantitative estimate of drug-likeness (QED) is 0.434. The number of nitrogens with zero attached hydrogens (tertiary/aromatic N) is 3. The van der Waals surface area contributed by atoms with Crippen molar-refractivity contribution >= 4 is 17.4 Å². The second kappa shape index (κ2) is 9.66. The molecule has 3 aromatic rings. The van der Waals surface area contributed by atoms with Crippen molar-refractivity contribution in [2.75, 3.05) is 5.01 Å². The number of nitriles is 1. The van der Waals surface area contributed by atoms with Crippen LogP contribution >= 0.6 is 0 Å². The third-order valence-electron chi connectivity index (χ3n) is 4.31. The van der Waals surface area contributed by atoms with Crippen molar-refractivity contribution in [2.45, 2.75) is 12.8 Å². The van der Waals surface area contributed by atoms with Crippen molar-refractivity contribution in [1.29, 1.82) is 5.26 Å². The third-order valence-corrected chi connectivity index (χ3v) is 4.31. The Bertz CT molecular complexity index is 1140. The van der Waals surface area contributed by atoms with Crippen molar-refractivity contribution in [3.8, 4) is 11.8 Å². The number of hydrogen-bond donors (Lipinski definition) is 1. The zero-order valence-corrected chi connectivity index (χ0v) is 16.6. The van der Waals surface area contributed by atoms with Crippen LogP contribution in [0.15, 0.2) is 84.0 Å². The fourth-order valence-corrected chi connectivity index (χ4v) is 2.86. The lowest BCUT2D eigenvalue weighted by atomic mass is 10.0. The maximum Gasteiger partial charge on any atom is 0.573 e. The van der Waals surface area contributed by atoms with E-state index in [4.69, 9.17) is 11.0 Å². The van der Waals surface area contributed by atoms with Crippen molar-refractivity contribution < 1.29 is 22.7 Å². The van der Waals surface area contributed by atoms with Gasteiger partial charge in [-0.2, -0.15) is 15.4 Å². The number of hydrogen-bond acceptors (Lipinski definition) is 4. The maximum atomic E-state index is 12.4. The van der Waals surface area contributed by atoms with Crippen LogP contribution in [0.1, 0.15) is 16.7 Å². The van der Waals surface area contributed by atoms with E-state index in [0.717, 1.165) is 28.3 Å². The Morgan fingerprint density at radius 2 is 1.62 bits per heavy atom. The SMILES string of the molecule is N#Cc1ccc(C/C(=N/N(C(N)=O)c2ccc(OC(F)(F)F)cc2)c2ccccc2)cc1. The molecule has 0 aromatic heterocycles. The average molecular weight is 438 g/mol. The number of alkyl halides is 3. The Labute approximate surface area is 181 Å². The van der Waals surface area contributed by atoms with E-state index in [1.807, 2.05) is 36.4 Å². The molecular formula is C23H17F3N4O2. The summed E-state index contributed by atoms with van der Waals surface area (Å²) in [6.45, 7) is 0. The number of carbonyl (C=O) groups excluding carboxylic acids is 1. The van der Waals surface area contributed by atoms with E-state index in [9.17, 15) is 18.0 Å². The van der Waals surface area contributed by atoms with Crippen molar-refractivity contribution in [2.24, 2.45) is 10.8 Å². The highest BCUT2D eigenvalue weighted by Gasteiger charge is 2.31. The highest BCUT2D eigenvalue weighted by Crippen LogP contribution is 2.26. The zero-order chi connectivity index (χ0) is 23.1. The van der Waals surface area contributed by atoms with Crippen LogP contribution in [0.2, 0.25) is 0 Å². The number of anilines is 1. The molecule has 2 amide bonds. The fraction of sp³-hybridized carbons (Fsp3) is 0.0870. The van der Waals surface area contributed by atoms with Gasteiger partial charge in [-0.1, -0.05) is 42.5 Å². The molecule has 0 aliphatic rings. The van der Waals surface area contributed by atoms with Gasteiger partial charge in [-0.3, -0.25) is 0 Å². The smallest absolute Gasteiger partial charge is 0.406 e. The van der Waals surface area contributed by atoms with Crippen LogP contribution in [0, 0.1) is 11.3 Å². The van der Waals surface area contributed by atoms with Crippen LogP contribution in [0.3, 0.4) is 0 Å². The molecule has 0 aliphatic carbocycles. The molecule has 0 aliphatic heterocycles. The van der Waals surface area contributed by atoms with E-state index < -0.39 is 18.1 Å². The summed E-state index contributed by atoms with van der Waals surface area (Å²) >= 11 is 0. The molecule has 0 heterocycles. The van der Waals surface area contributed by atoms with Gasteiger partial charge < -0.3 is 10.5 Å². The van der Waals surface area contributed by atoms with Crippen LogP contribution in [0.4, 0.5) is 23.7 Å². The molecule has 3 rings (SSSR count). The number of benzene rings is 3. The molecule has 0 spiro atoms. The number of halogens is 3. The number of nitrogens with two attached hydrogens (primary N) is 1. The normalized spacial score (nSPS) is 11.5. The van der Waals surface area contributed by atoms with Crippen molar-refractivity contribution in [1.82, 2.24) is 0 Å². The Balaban J connectivity index is 1.96. The highest BCUT2D eigenvalue weighted by molar-refractivity contribution is 6.04. The summed E-state index contributed by atoms with van der Waals surface area (Å²) in [6.07, 6.45) is -4.51. The van der Waals surface area contributed by atoms with Gasteiger partial charge in [0, 0.05) is 6.42 Å². The Morgan fingerprint density at radius 3 is 2.16 bits per heavy atom. The molecule has 0 saturated carbocycles. The fourth-order valence-electron chi connectivity index (χ4n) is 2.86. The van der Waals surface area contributed by atoms with E-state index in [-0.39, 0.29) is 5.69 Å². The molecule has 2 N–H and O–H groups in total. The van der Waals surface area contributed by atoms with Crippen LogP contribution in [0.5, 0.6) is 5.75 Å². The number of hydrazone groups is 1. The van der Waals surface area contributed by atoms with Crippen molar-refractivity contribution in [3.05, 3.63) is 95.6 Å². The molecule has 162 valence electrons. The molecule has 6 nitrogen and oxygen atoms in total. The minimum absolute atomic E-state index is 0.167. The third kappa shape index (κ3) is 6.09. The van der Waals surface area contributed by atoms with Gasteiger partial charge >= 0.3 is 12.4 Å². The standard InChI is InChI=1S/C23H17F3N4O2/c24-23(25,26)32-20-12-10-19(11-13-20)30(22(28)31)29-21(18-4-2-1-3-5-18)14-16-6-8-17(15-27)9-7-16/h1-13H,14H2,(H2,28,31)/b29-21-. The van der Waals surface area contributed by atoms with Crippen LogP contribution < -0.4 is 15.5 Å². The molecule has 0 bridgehead atoms. The topological polar surface area (TPSA) is 91.7 Å². The first-order valence-corrected chi connectivity index (χ1v) is 9.32. The average Bonchev–Trinajstić information content (AvgIpc) is 2.77. The lowest BCUT2D eigenvalue weighted by Crippen LogP contribution is -2.32. The Hall–Kier alpha value is -4.32. The molecule has 0 saturated heterocycles. The maximum absolute atomic E-state index is 12.4. The number of amides is 2. The molecule has 32 heavy (non-hydrogen) atoms. The predicted molar refractivity (Wildman–Crippen MR) is 113 cm³/mol. The van der Waals surface area contributed by atoms with Gasteiger partial charge in [-0.25, -0.2) is 4.79 Å². The second-order valence-corrected chi connectivity index (χ2v) is 6.59. The van der Waals surface area contributed by atoms with Gasteiger partial charge in [-0.15, -0.1) is 13.2 Å². The summed E-state index contributed by atoms with van der Waals surface area (Å²) in [5.74, 6) is -0.435. The van der Waals surface area contributed by atoms with E-state index in [2.05, 4.69) is 9.84 Å². The molecule has 0 unspecified atom stereocenters. The van der Waals surface area contributed by atoms with Gasteiger partial charge in [-0.05, 0) is 47.5 Å². The van der Waals surface area contributed by atoms with E-state index in [0.29, 0.717) is 17.7 Å². The second-order valence-electron chi connectivity index (χ2n) is 6.59. The molecule has 9 heteroatoms. The molecule has 0 atom stereocenters. The van der Waals surface area contributed by atoms with Gasteiger partial charge in [0.25, 0.3) is 0 Å². The Kier molecular flexibility index (Phi) is 6.75. The first kappa shape index (κ1) is 22.4. The number of ether oxygens (including phenoxy) is 1. The van der Waals surface area contributed by atoms with Crippen molar-refractivity contribution in [3.63, 3.8) is 0 Å². The summed E-state index contributed by atoms with van der Waals surface area (Å²) in [6, 6.07) is 21.7. The largest absolute Gasteiger partial charge is 0.573 e. The van der Waals surface area contributed by atoms with Gasteiger partial charge in [0.15, 0.2) is 0 Å². The van der Waals surface area contributed by atoms with Gasteiger partial charge in [0.05, 0.1) is 23.0 Å². The summed E-state index contributed by atoms with van der Waals surface area (Å²) in [7, 11) is 0. The summed E-state index contributed by atoms with van der Waals surface area (Å²) < 4.78 is 41.0. The molecule has 3 aromatic carbocycles. The summed E-state index contributed by atoms with van der Waals surface area (Å²) in [4.78, 5) is 12.1. The van der Waals surface area contributed by atoms with Crippen LogP contribution in [0.25, 0.3) is 0 Å². The molecular weight excluding hydrogens is 421 g/mol. The monoisotopic (exact) mass is 438 g/mol. The van der Waals surface area contributed by atoms with E-state index >= 15 is 0 Å². The van der Waals surface area contributed by atoms with E-state index in [1.165, 1.54) is 12.1 Å². The number of rotatable bonds is 6. The molecule has 0 fully saturated rings.